The quantitative estimate of drug-likeness (QED) is 0.915. The van der Waals surface area contributed by atoms with Gasteiger partial charge in [-0.1, -0.05) is 38.1 Å². The lowest BCUT2D eigenvalue weighted by Crippen LogP contribution is -2.44. The molecule has 2 rings (SSSR count). The van der Waals surface area contributed by atoms with Gasteiger partial charge in [-0.15, -0.1) is 0 Å². The van der Waals surface area contributed by atoms with Gasteiger partial charge in [-0.25, -0.2) is 0 Å². The van der Waals surface area contributed by atoms with Gasteiger partial charge in [0, 0.05) is 19.6 Å². The Bertz CT molecular complexity index is 448. The van der Waals surface area contributed by atoms with Crippen LogP contribution in [0.4, 0.5) is 0 Å². The molecule has 3 nitrogen and oxygen atoms in total. The van der Waals surface area contributed by atoms with Crippen molar-refractivity contribution in [2.75, 3.05) is 19.6 Å². The maximum Gasteiger partial charge on any atom is 0.234 e. The molecule has 0 unspecified atom stereocenters. The summed E-state index contributed by atoms with van der Waals surface area (Å²) in [6.45, 7) is 9.87. The number of hydrogen-bond acceptors (Lipinski definition) is 2. The second-order valence-corrected chi connectivity index (χ2v) is 6.34. The molecule has 1 aliphatic heterocycles. The number of piperidine rings is 1. The van der Waals surface area contributed by atoms with Crippen LogP contribution in [-0.4, -0.2) is 30.4 Å². The summed E-state index contributed by atoms with van der Waals surface area (Å²) in [5.41, 5.74) is 2.43. The molecule has 1 amide bonds. The number of benzene rings is 1. The maximum atomic E-state index is 12.1. The molecule has 3 heteroatoms. The number of likely N-dealkylation sites (tertiary alicyclic amines) is 1. The lowest BCUT2D eigenvalue weighted by molar-refractivity contribution is -0.123. The van der Waals surface area contributed by atoms with Crippen molar-refractivity contribution in [1.29, 1.82) is 0 Å². The summed E-state index contributed by atoms with van der Waals surface area (Å²) in [5.74, 6) is 1.53. The second kappa shape index (κ2) is 6.89. The van der Waals surface area contributed by atoms with Gasteiger partial charge in [-0.2, -0.15) is 0 Å². The highest BCUT2D eigenvalue weighted by Gasteiger charge is 2.23. The van der Waals surface area contributed by atoms with E-state index in [1.165, 1.54) is 17.5 Å². The Morgan fingerprint density at radius 3 is 2.55 bits per heavy atom. The fraction of sp³-hybridized carbons (Fsp3) is 0.588. The highest BCUT2D eigenvalue weighted by Crippen LogP contribution is 2.20. The van der Waals surface area contributed by atoms with E-state index in [2.05, 4.69) is 43.1 Å². The van der Waals surface area contributed by atoms with Gasteiger partial charge in [0.25, 0.3) is 0 Å². The number of hydrogen-bond donors (Lipinski definition) is 1. The summed E-state index contributed by atoms with van der Waals surface area (Å²) >= 11 is 0. The largest absolute Gasteiger partial charge is 0.351 e. The van der Waals surface area contributed by atoms with Gasteiger partial charge >= 0.3 is 0 Å². The average Bonchev–Trinajstić information content (AvgIpc) is 2.36. The standard InChI is InChI=1S/C17H26N2O/c1-13-8-14(2)11-19(10-13)12-17(20)18-9-16-7-5-4-6-15(16)3/h4-7,13-14H,8-12H2,1-3H3,(H,18,20)/t13-,14+. The monoisotopic (exact) mass is 274 g/mol. The molecule has 0 bridgehead atoms. The van der Waals surface area contributed by atoms with Crippen LogP contribution in [-0.2, 0) is 11.3 Å². The maximum absolute atomic E-state index is 12.1. The fourth-order valence-corrected chi connectivity index (χ4v) is 3.18. The van der Waals surface area contributed by atoms with Crippen molar-refractivity contribution in [3.8, 4) is 0 Å². The van der Waals surface area contributed by atoms with E-state index >= 15 is 0 Å². The van der Waals surface area contributed by atoms with Gasteiger partial charge in [0.1, 0.15) is 0 Å². The molecular weight excluding hydrogens is 248 g/mol. The van der Waals surface area contributed by atoms with Gasteiger partial charge in [-0.05, 0) is 36.3 Å². The third-order valence-electron chi connectivity index (χ3n) is 4.05. The number of nitrogens with one attached hydrogen (secondary N) is 1. The lowest BCUT2D eigenvalue weighted by atomic mass is 9.92. The smallest absolute Gasteiger partial charge is 0.234 e. The average molecular weight is 274 g/mol. The van der Waals surface area contributed by atoms with E-state index in [9.17, 15) is 4.79 Å². The molecule has 1 aromatic carbocycles. The van der Waals surface area contributed by atoms with Gasteiger partial charge < -0.3 is 5.32 Å². The summed E-state index contributed by atoms with van der Waals surface area (Å²) in [4.78, 5) is 14.3. The van der Waals surface area contributed by atoms with E-state index in [1.807, 2.05) is 12.1 Å². The first kappa shape index (κ1) is 15.0. The Labute approximate surface area is 122 Å². The summed E-state index contributed by atoms with van der Waals surface area (Å²) in [7, 11) is 0. The van der Waals surface area contributed by atoms with Gasteiger partial charge in [-0.3, -0.25) is 9.69 Å². The molecule has 1 aliphatic rings. The van der Waals surface area contributed by atoms with Crippen molar-refractivity contribution in [3.63, 3.8) is 0 Å². The minimum absolute atomic E-state index is 0.134. The summed E-state index contributed by atoms with van der Waals surface area (Å²) < 4.78 is 0. The van der Waals surface area contributed by atoms with Crippen LogP contribution in [0.5, 0.6) is 0 Å². The highest BCUT2D eigenvalue weighted by molar-refractivity contribution is 5.78. The predicted molar refractivity (Wildman–Crippen MR) is 82.4 cm³/mol. The summed E-state index contributed by atoms with van der Waals surface area (Å²) in [6.07, 6.45) is 1.28. The van der Waals surface area contributed by atoms with Crippen LogP contribution >= 0.6 is 0 Å². The first-order valence-corrected chi connectivity index (χ1v) is 7.58. The van der Waals surface area contributed by atoms with Crippen molar-refractivity contribution in [1.82, 2.24) is 10.2 Å². The van der Waals surface area contributed by atoms with Gasteiger partial charge in [0.2, 0.25) is 5.91 Å². The Kier molecular flexibility index (Phi) is 5.18. The van der Waals surface area contributed by atoms with Crippen molar-refractivity contribution in [2.45, 2.75) is 33.7 Å². The number of aryl methyl sites for hydroxylation is 1. The second-order valence-electron chi connectivity index (χ2n) is 6.34. The summed E-state index contributed by atoms with van der Waals surface area (Å²) in [5, 5.41) is 3.04. The van der Waals surface area contributed by atoms with Crippen LogP contribution in [0.1, 0.15) is 31.4 Å². The van der Waals surface area contributed by atoms with Crippen molar-refractivity contribution in [2.24, 2.45) is 11.8 Å². The van der Waals surface area contributed by atoms with E-state index < -0.39 is 0 Å². The molecule has 20 heavy (non-hydrogen) atoms. The Balaban J connectivity index is 1.79. The first-order valence-electron chi connectivity index (χ1n) is 7.58. The van der Waals surface area contributed by atoms with Crippen molar-refractivity contribution < 1.29 is 4.79 Å². The highest BCUT2D eigenvalue weighted by atomic mass is 16.2. The Morgan fingerprint density at radius 2 is 1.90 bits per heavy atom. The van der Waals surface area contributed by atoms with E-state index in [4.69, 9.17) is 0 Å². The van der Waals surface area contributed by atoms with E-state index in [0.717, 1.165) is 13.1 Å². The molecule has 1 N–H and O–H groups in total. The first-order chi connectivity index (χ1) is 9.54. The molecule has 1 fully saturated rings. The van der Waals surface area contributed by atoms with Crippen LogP contribution in [0.25, 0.3) is 0 Å². The SMILES string of the molecule is Cc1ccccc1CNC(=O)CN1C[C@H](C)C[C@H](C)C1. The van der Waals surface area contributed by atoms with Crippen LogP contribution in [0.15, 0.2) is 24.3 Å². The number of nitrogens with zero attached hydrogens (tertiary/aromatic N) is 1. The van der Waals surface area contributed by atoms with E-state index in [1.54, 1.807) is 0 Å². The molecule has 0 spiro atoms. The third kappa shape index (κ3) is 4.34. The van der Waals surface area contributed by atoms with Crippen molar-refractivity contribution >= 4 is 5.91 Å². The molecule has 1 saturated heterocycles. The lowest BCUT2D eigenvalue weighted by Gasteiger charge is -2.34. The molecule has 1 heterocycles. The van der Waals surface area contributed by atoms with E-state index in [0.29, 0.717) is 24.9 Å². The molecule has 2 atom stereocenters. The molecule has 0 saturated carbocycles. The Morgan fingerprint density at radius 1 is 1.25 bits per heavy atom. The zero-order valence-corrected chi connectivity index (χ0v) is 12.9. The van der Waals surface area contributed by atoms with E-state index in [-0.39, 0.29) is 5.91 Å². The zero-order valence-electron chi connectivity index (χ0n) is 12.9. The van der Waals surface area contributed by atoms with Crippen LogP contribution in [0, 0.1) is 18.8 Å². The number of amides is 1. The molecule has 0 aromatic heterocycles. The predicted octanol–water partition coefficient (Wildman–Crippen LogP) is 2.59. The van der Waals surface area contributed by atoms with Crippen molar-refractivity contribution in [3.05, 3.63) is 35.4 Å². The minimum atomic E-state index is 0.134. The topological polar surface area (TPSA) is 32.3 Å². The molecular formula is C17H26N2O. The van der Waals surface area contributed by atoms with Gasteiger partial charge in [0.05, 0.1) is 6.54 Å². The number of carbonyl (C=O) groups is 1. The molecule has 110 valence electrons. The molecule has 0 radical (unpaired) electrons. The fourth-order valence-electron chi connectivity index (χ4n) is 3.18. The van der Waals surface area contributed by atoms with Crippen LogP contribution in [0.3, 0.4) is 0 Å². The zero-order chi connectivity index (χ0) is 14.5. The van der Waals surface area contributed by atoms with Gasteiger partial charge in [0.15, 0.2) is 0 Å². The molecule has 0 aliphatic carbocycles. The minimum Gasteiger partial charge on any atom is -0.351 e. The molecule has 1 aromatic rings. The van der Waals surface area contributed by atoms with Crippen LogP contribution in [0.2, 0.25) is 0 Å². The summed E-state index contributed by atoms with van der Waals surface area (Å²) in [6, 6.07) is 8.19. The number of carbonyl (C=O) groups excluding carboxylic acids is 1. The number of rotatable bonds is 4. The third-order valence-corrected chi connectivity index (χ3v) is 4.05. The normalized spacial score (nSPS) is 23.6. The Hall–Kier alpha value is -1.35. The van der Waals surface area contributed by atoms with Crippen LogP contribution < -0.4 is 5.32 Å².